The Labute approximate surface area is 103 Å². The minimum atomic E-state index is 0.590. The van der Waals surface area contributed by atoms with Crippen LogP contribution in [0.2, 0.25) is 0 Å². The van der Waals surface area contributed by atoms with E-state index in [-0.39, 0.29) is 0 Å². The zero-order valence-corrected chi connectivity index (χ0v) is 10.1. The molecule has 2 aliphatic heterocycles. The fourth-order valence-corrected chi connectivity index (χ4v) is 2.80. The molecule has 3 rings (SSSR count). The quantitative estimate of drug-likeness (QED) is 0.820. The summed E-state index contributed by atoms with van der Waals surface area (Å²) < 4.78 is 5.51. The van der Waals surface area contributed by atoms with E-state index in [1.807, 2.05) is 0 Å². The predicted octanol–water partition coefficient (Wildman–Crippen LogP) is 0.902. The molecule has 2 aliphatic rings. The molecule has 1 unspecified atom stereocenters. The Balaban J connectivity index is 1.59. The Morgan fingerprint density at radius 3 is 3.06 bits per heavy atom. The van der Waals surface area contributed by atoms with Gasteiger partial charge < -0.3 is 10.1 Å². The number of hydrogen-bond donors (Lipinski definition) is 1. The van der Waals surface area contributed by atoms with Crippen LogP contribution >= 0.6 is 0 Å². The molecule has 92 valence electrons. The summed E-state index contributed by atoms with van der Waals surface area (Å²) in [6.07, 6.45) is 1.13. The monoisotopic (exact) mass is 232 g/mol. The van der Waals surface area contributed by atoms with E-state index in [4.69, 9.17) is 4.74 Å². The number of fused-ring (bicyclic) bond motifs is 1. The van der Waals surface area contributed by atoms with Crippen LogP contribution in [0.15, 0.2) is 30.3 Å². The molecule has 0 amide bonds. The van der Waals surface area contributed by atoms with Crippen molar-refractivity contribution < 1.29 is 4.74 Å². The summed E-state index contributed by atoms with van der Waals surface area (Å²) >= 11 is 0. The summed E-state index contributed by atoms with van der Waals surface area (Å²) in [5, 5.41) is 3.65. The van der Waals surface area contributed by atoms with Crippen molar-refractivity contribution >= 4 is 0 Å². The van der Waals surface area contributed by atoms with Crippen molar-refractivity contribution in [3.05, 3.63) is 35.9 Å². The van der Waals surface area contributed by atoms with Crippen LogP contribution in [0.25, 0.3) is 0 Å². The van der Waals surface area contributed by atoms with Crippen molar-refractivity contribution in [3.63, 3.8) is 0 Å². The molecule has 0 bridgehead atoms. The van der Waals surface area contributed by atoms with E-state index >= 15 is 0 Å². The van der Waals surface area contributed by atoms with E-state index < -0.39 is 0 Å². The van der Waals surface area contributed by atoms with E-state index in [1.165, 1.54) is 5.56 Å². The third kappa shape index (κ3) is 2.68. The largest absolute Gasteiger partial charge is 0.378 e. The summed E-state index contributed by atoms with van der Waals surface area (Å²) in [4.78, 5) is 2.58. The van der Waals surface area contributed by atoms with Gasteiger partial charge in [-0.15, -0.1) is 0 Å². The lowest BCUT2D eigenvalue weighted by molar-refractivity contribution is -0.0259. The molecule has 0 spiro atoms. The van der Waals surface area contributed by atoms with Crippen LogP contribution in [0.3, 0.4) is 0 Å². The summed E-state index contributed by atoms with van der Waals surface area (Å²) in [5.74, 6) is 0. The van der Waals surface area contributed by atoms with Gasteiger partial charge in [0.15, 0.2) is 0 Å². The minimum Gasteiger partial charge on any atom is -0.378 e. The first-order valence-corrected chi connectivity index (χ1v) is 6.51. The Hall–Kier alpha value is -0.900. The van der Waals surface area contributed by atoms with E-state index in [9.17, 15) is 0 Å². The molecule has 0 radical (unpaired) electrons. The van der Waals surface area contributed by atoms with Gasteiger partial charge in [-0.2, -0.15) is 0 Å². The maximum absolute atomic E-state index is 5.51. The van der Waals surface area contributed by atoms with Gasteiger partial charge in [-0.25, -0.2) is 0 Å². The lowest BCUT2D eigenvalue weighted by Gasteiger charge is -2.43. The molecule has 2 atom stereocenters. The summed E-state index contributed by atoms with van der Waals surface area (Å²) in [6, 6.07) is 11.9. The van der Waals surface area contributed by atoms with E-state index in [1.54, 1.807) is 0 Å². The number of piperazine rings is 1. The summed E-state index contributed by atoms with van der Waals surface area (Å²) in [7, 11) is 0. The van der Waals surface area contributed by atoms with Gasteiger partial charge in [0, 0.05) is 31.7 Å². The molecular formula is C14H20N2O. The standard InChI is InChI=1S/C14H20N2O/c1-2-4-12(5-3-1)8-13-10-16-6-7-17-11-14(16)9-15-13/h1-5,13-15H,6-11H2/t13-,14?/m0/s1. The van der Waals surface area contributed by atoms with Gasteiger partial charge in [0.1, 0.15) is 0 Å². The average Bonchev–Trinajstić information content (AvgIpc) is 2.40. The zero-order chi connectivity index (χ0) is 11.5. The van der Waals surface area contributed by atoms with Gasteiger partial charge in [0.05, 0.1) is 13.2 Å². The van der Waals surface area contributed by atoms with Crippen molar-refractivity contribution in [2.45, 2.75) is 18.5 Å². The molecular weight excluding hydrogens is 212 g/mol. The Kier molecular flexibility index (Phi) is 3.41. The lowest BCUT2D eigenvalue weighted by atomic mass is 10.0. The van der Waals surface area contributed by atoms with Crippen LogP contribution in [-0.4, -0.2) is 49.8 Å². The molecule has 3 heteroatoms. The molecule has 1 aromatic carbocycles. The molecule has 2 fully saturated rings. The van der Waals surface area contributed by atoms with E-state index in [0.29, 0.717) is 12.1 Å². The highest BCUT2D eigenvalue weighted by Gasteiger charge is 2.29. The fourth-order valence-electron chi connectivity index (χ4n) is 2.80. The zero-order valence-electron chi connectivity index (χ0n) is 10.1. The number of nitrogens with one attached hydrogen (secondary N) is 1. The Bertz CT molecular complexity index is 354. The van der Waals surface area contributed by atoms with Gasteiger partial charge in [-0.1, -0.05) is 30.3 Å². The third-order valence-corrected chi connectivity index (χ3v) is 3.77. The summed E-state index contributed by atoms with van der Waals surface area (Å²) in [5.41, 5.74) is 1.43. The van der Waals surface area contributed by atoms with E-state index in [2.05, 4.69) is 40.5 Å². The van der Waals surface area contributed by atoms with Crippen LogP contribution in [0.1, 0.15) is 5.56 Å². The molecule has 2 saturated heterocycles. The second-order valence-electron chi connectivity index (χ2n) is 5.02. The first-order chi connectivity index (χ1) is 8.42. The number of rotatable bonds is 2. The first kappa shape index (κ1) is 11.2. The highest BCUT2D eigenvalue weighted by atomic mass is 16.5. The third-order valence-electron chi connectivity index (χ3n) is 3.77. The van der Waals surface area contributed by atoms with Gasteiger partial charge in [0.25, 0.3) is 0 Å². The predicted molar refractivity (Wildman–Crippen MR) is 68.1 cm³/mol. The SMILES string of the molecule is c1ccc(C[C@H]2CN3CCOCC3CN2)cc1. The van der Waals surface area contributed by atoms with Crippen molar-refractivity contribution in [3.8, 4) is 0 Å². The smallest absolute Gasteiger partial charge is 0.0634 e. The second kappa shape index (κ2) is 5.17. The van der Waals surface area contributed by atoms with Crippen LogP contribution in [-0.2, 0) is 11.2 Å². The number of benzene rings is 1. The van der Waals surface area contributed by atoms with E-state index in [0.717, 1.165) is 39.3 Å². The highest BCUT2D eigenvalue weighted by Crippen LogP contribution is 2.14. The van der Waals surface area contributed by atoms with Crippen LogP contribution < -0.4 is 5.32 Å². The van der Waals surface area contributed by atoms with Crippen molar-refractivity contribution in [1.29, 1.82) is 0 Å². The second-order valence-corrected chi connectivity index (χ2v) is 5.02. The maximum atomic E-state index is 5.51. The highest BCUT2D eigenvalue weighted by molar-refractivity contribution is 5.16. The lowest BCUT2D eigenvalue weighted by Crippen LogP contribution is -2.61. The van der Waals surface area contributed by atoms with Crippen LogP contribution in [0, 0.1) is 0 Å². The van der Waals surface area contributed by atoms with Crippen molar-refractivity contribution in [2.75, 3.05) is 32.8 Å². The molecule has 1 aromatic rings. The molecule has 0 aliphatic carbocycles. The van der Waals surface area contributed by atoms with Gasteiger partial charge in [0.2, 0.25) is 0 Å². The summed E-state index contributed by atoms with van der Waals surface area (Å²) in [6.45, 7) is 5.11. The number of nitrogens with zero attached hydrogens (tertiary/aromatic N) is 1. The molecule has 0 aromatic heterocycles. The Morgan fingerprint density at radius 1 is 1.29 bits per heavy atom. The molecule has 3 nitrogen and oxygen atoms in total. The topological polar surface area (TPSA) is 24.5 Å². The minimum absolute atomic E-state index is 0.590. The number of morpholine rings is 1. The van der Waals surface area contributed by atoms with Gasteiger partial charge in [-0.3, -0.25) is 4.90 Å². The average molecular weight is 232 g/mol. The number of hydrogen-bond acceptors (Lipinski definition) is 3. The Morgan fingerprint density at radius 2 is 2.18 bits per heavy atom. The van der Waals surface area contributed by atoms with Crippen LogP contribution in [0.4, 0.5) is 0 Å². The fraction of sp³-hybridized carbons (Fsp3) is 0.571. The van der Waals surface area contributed by atoms with Crippen molar-refractivity contribution in [2.24, 2.45) is 0 Å². The normalized spacial score (nSPS) is 29.9. The molecule has 0 saturated carbocycles. The first-order valence-electron chi connectivity index (χ1n) is 6.51. The molecule has 2 heterocycles. The van der Waals surface area contributed by atoms with Gasteiger partial charge in [-0.05, 0) is 12.0 Å². The maximum Gasteiger partial charge on any atom is 0.0634 e. The number of ether oxygens (including phenoxy) is 1. The van der Waals surface area contributed by atoms with Crippen LogP contribution in [0.5, 0.6) is 0 Å². The van der Waals surface area contributed by atoms with Crippen molar-refractivity contribution in [1.82, 2.24) is 10.2 Å². The van der Waals surface area contributed by atoms with Gasteiger partial charge >= 0.3 is 0 Å². The molecule has 1 N–H and O–H groups in total. The molecule has 17 heavy (non-hydrogen) atoms.